The summed E-state index contributed by atoms with van der Waals surface area (Å²) >= 11 is 3.25. The minimum Gasteiger partial charge on any atom is -0.349 e. The molecule has 1 aromatic carbocycles. The normalized spacial score (nSPS) is 22.1. The molecule has 0 bridgehead atoms. The minimum atomic E-state index is -3.60. The van der Waals surface area contributed by atoms with Gasteiger partial charge in [0.25, 0.3) is 5.91 Å². The van der Waals surface area contributed by atoms with E-state index in [4.69, 9.17) is 0 Å². The van der Waals surface area contributed by atoms with Crippen LogP contribution in [0.3, 0.4) is 0 Å². The number of amides is 1. The first-order chi connectivity index (χ1) is 10.7. The molecule has 7 heteroatoms. The first kappa shape index (κ1) is 18.4. The number of hydrogen-bond donors (Lipinski definition) is 1. The standard InChI is InChI=1S/C16H23BrN2O3S/c1-11-6-4-5-7-14(11)18-16(20)12-8-9-13(17)15(10-12)23(21,22)19(2)3/h8-11,14H,4-7H2,1-3H3,(H,18,20)/t11-,14-/m1/s1. The lowest BCUT2D eigenvalue weighted by Gasteiger charge is -2.29. The van der Waals surface area contributed by atoms with Crippen molar-refractivity contribution in [1.82, 2.24) is 9.62 Å². The van der Waals surface area contributed by atoms with E-state index in [1.165, 1.54) is 26.6 Å². The third-order valence-corrected chi connectivity index (χ3v) is 7.19. The maximum Gasteiger partial charge on any atom is 0.251 e. The fraction of sp³-hybridized carbons (Fsp3) is 0.562. The summed E-state index contributed by atoms with van der Waals surface area (Å²) in [7, 11) is -0.660. The lowest BCUT2D eigenvalue weighted by molar-refractivity contribution is 0.0910. The van der Waals surface area contributed by atoms with Crippen LogP contribution < -0.4 is 5.32 Å². The Morgan fingerprint density at radius 2 is 1.91 bits per heavy atom. The van der Waals surface area contributed by atoms with E-state index in [1.807, 2.05) is 0 Å². The van der Waals surface area contributed by atoms with Gasteiger partial charge in [-0.3, -0.25) is 4.79 Å². The largest absolute Gasteiger partial charge is 0.349 e. The van der Waals surface area contributed by atoms with Crippen molar-refractivity contribution >= 4 is 31.9 Å². The Labute approximate surface area is 146 Å². The quantitative estimate of drug-likeness (QED) is 0.841. The van der Waals surface area contributed by atoms with Crippen molar-refractivity contribution in [2.24, 2.45) is 5.92 Å². The van der Waals surface area contributed by atoms with Crippen LogP contribution in [0.2, 0.25) is 0 Å². The van der Waals surface area contributed by atoms with Crippen LogP contribution in [-0.4, -0.2) is 38.8 Å². The molecule has 1 aliphatic carbocycles. The van der Waals surface area contributed by atoms with Gasteiger partial charge in [-0.2, -0.15) is 0 Å². The maximum atomic E-state index is 12.5. The van der Waals surface area contributed by atoms with E-state index < -0.39 is 10.0 Å². The molecule has 2 atom stereocenters. The van der Waals surface area contributed by atoms with Gasteiger partial charge >= 0.3 is 0 Å². The van der Waals surface area contributed by atoms with Crippen molar-refractivity contribution in [3.63, 3.8) is 0 Å². The van der Waals surface area contributed by atoms with Crippen molar-refractivity contribution in [2.45, 2.75) is 43.5 Å². The van der Waals surface area contributed by atoms with Crippen molar-refractivity contribution in [3.05, 3.63) is 28.2 Å². The summed E-state index contributed by atoms with van der Waals surface area (Å²) in [6.45, 7) is 2.15. The molecule has 23 heavy (non-hydrogen) atoms. The number of carbonyl (C=O) groups excluding carboxylic acids is 1. The second-order valence-electron chi connectivity index (χ2n) is 6.27. The summed E-state index contributed by atoms with van der Waals surface area (Å²) in [5.41, 5.74) is 0.367. The van der Waals surface area contributed by atoms with Gasteiger partial charge in [-0.1, -0.05) is 19.8 Å². The molecule has 128 valence electrons. The number of sulfonamides is 1. The number of rotatable bonds is 4. The average molecular weight is 403 g/mol. The van der Waals surface area contributed by atoms with Gasteiger partial charge < -0.3 is 5.32 Å². The van der Waals surface area contributed by atoms with Crippen LogP contribution in [-0.2, 0) is 10.0 Å². The molecule has 1 saturated carbocycles. The first-order valence-electron chi connectivity index (χ1n) is 7.76. The van der Waals surface area contributed by atoms with Crippen molar-refractivity contribution in [3.8, 4) is 0 Å². The van der Waals surface area contributed by atoms with E-state index in [2.05, 4.69) is 28.2 Å². The number of carbonyl (C=O) groups is 1. The Hall–Kier alpha value is -0.920. The Morgan fingerprint density at radius 3 is 2.52 bits per heavy atom. The highest BCUT2D eigenvalue weighted by atomic mass is 79.9. The third kappa shape index (κ3) is 4.14. The Kier molecular flexibility index (Phi) is 5.86. The molecule has 2 rings (SSSR count). The number of benzene rings is 1. The van der Waals surface area contributed by atoms with E-state index >= 15 is 0 Å². The molecule has 0 aliphatic heterocycles. The zero-order valence-corrected chi connectivity index (χ0v) is 16.1. The molecule has 5 nitrogen and oxygen atoms in total. The molecule has 1 aliphatic rings. The molecule has 0 radical (unpaired) electrons. The SMILES string of the molecule is C[C@@H]1CCCC[C@H]1NC(=O)c1ccc(Br)c(S(=O)(=O)N(C)C)c1. The summed E-state index contributed by atoms with van der Waals surface area (Å²) in [4.78, 5) is 12.6. The van der Waals surface area contributed by atoms with Crippen LogP contribution in [0.1, 0.15) is 43.0 Å². The molecule has 0 saturated heterocycles. The van der Waals surface area contributed by atoms with Crippen LogP contribution in [0.25, 0.3) is 0 Å². The molecule has 1 amide bonds. The predicted molar refractivity (Wildman–Crippen MR) is 93.9 cm³/mol. The molecular formula is C16H23BrN2O3S. The molecule has 1 N–H and O–H groups in total. The molecule has 0 aromatic heterocycles. The molecular weight excluding hydrogens is 380 g/mol. The predicted octanol–water partition coefficient (Wildman–Crippen LogP) is 3.01. The molecule has 0 unspecified atom stereocenters. The molecule has 0 spiro atoms. The molecule has 1 aromatic rings. The zero-order valence-electron chi connectivity index (χ0n) is 13.7. The van der Waals surface area contributed by atoms with Crippen molar-refractivity contribution in [1.29, 1.82) is 0 Å². The maximum absolute atomic E-state index is 12.5. The van der Waals surface area contributed by atoms with Crippen molar-refractivity contribution in [2.75, 3.05) is 14.1 Å². The molecule has 1 fully saturated rings. The summed E-state index contributed by atoms with van der Waals surface area (Å²) in [6, 6.07) is 4.84. The Bertz CT molecular complexity index is 689. The zero-order chi connectivity index (χ0) is 17.2. The number of halogens is 1. The van der Waals surface area contributed by atoms with Gasteiger partial charge in [0.2, 0.25) is 10.0 Å². The lowest BCUT2D eigenvalue weighted by Crippen LogP contribution is -2.41. The number of nitrogens with zero attached hydrogens (tertiary/aromatic N) is 1. The van der Waals surface area contributed by atoms with Crippen LogP contribution in [0.15, 0.2) is 27.6 Å². The third-order valence-electron chi connectivity index (χ3n) is 4.38. The highest BCUT2D eigenvalue weighted by Gasteiger charge is 2.25. The monoisotopic (exact) mass is 402 g/mol. The lowest BCUT2D eigenvalue weighted by atomic mass is 9.86. The smallest absolute Gasteiger partial charge is 0.251 e. The van der Waals surface area contributed by atoms with E-state index in [0.29, 0.717) is 16.0 Å². The highest BCUT2D eigenvalue weighted by Crippen LogP contribution is 2.27. The summed E-state index contributed by atoms with van der Waals surface area (Å²) in [6.07, 6.45) is 4.42. The van der Waals surface area contributed by atoms with Gasteiger partial charge in [0.1, 0.15) is 0 Å². The Morgan fingerprint density at radius 1 is 1.26 bits per heavy atom. The fourth-order valence-electron chi connectivity index (χ4n) is 2.82. The van der Waals surface area contributed by atoms with E-state index in [1.54, 1.807) is 12.1 Å². The van der Waals surface area contributed by atoms with Crippen LogP contribution >= 0.6 is 15.9 Å². The summed E-state index contributed by atoms with van der Waals surface area (Å²) < 4.78 is 26.3. The number of hydrogen-bond acceptors (Lipinski definition) is 3. The minimum absolute atomic E-state index is 0.104. The average Bonchev–Trinajstić information content (AvgIpc) is 2.49. The van der Waals surface area contributed by atoms with Gasteiger partial charge in [-0.05, 0) is 52.9 Å². The fourth-order valence-corrected chi connectivity index (χ4v) is 4.67. The molecule has 0 heterocycles. The van der Waals surface area contributed by atoms with Crippen molar-refractivity contribution < 1.29 is 13.2 Å². The topological polar surface area (TPSA) is 66.5 Å². The van der Waals surface area contributed by atoms with Gasteiger partial charge in [0.05, 0.1) is 4.90 Å². The van der Waals surface area contributed by atoms with Gasteiger partial charge in [-0.15, -0.1) is 0 Å². The van der Waals surface area contributed by atoms with Gasteiger partial charge in [-0.25, -0.2) is 12.7 Å². The van der Waals surface area contributed by atoms with E-state index in [0.717, 1.165) is 23.6 Å². The number of nitrogens with one attached hydrogen (secondary N) is 1. The van der Waals surface area contributed by atoms with Gasteiger partial charge in [0.15, 0.2) is 0 Å². The summed E-state index contributed by atoms with van der Waals surface area (Å²) in [5.74, 6) is 0.236. The van der Waals surface area contributed by atoms with E-state index in [-0.39, 0.29) is 16.8 Å². The van der Waals surface area contributed by atoms with Crippen LogP contribution in [0.4, 0.5) is 0 Å². The second kappa shape index (κ2) is 7.32. The Balaban J connectivity index is 2.25. The first-order valence-corrected chi connectivity index (χ1v) is 9.99. The van der Waals surface area contributed by atoms with Crippen LogP contribution in [0.5, 0.6) is 0 Å². The van der Waals surface area contributed by atoms with Gasteiger partial charge in [0, 0.05) is 30.2 Å². The highest BCUT2D eigenvalue weighted by molar-refractivity contribution is 9.10. The van der Waals surface area contributed by atoms with E-state index in [9.17, 15) is 13.2 Å². The van der Waals surface area contributed by atoms with Crippen LogP contribution in [0, 0.1) is 5.92 Å². The second-order valence-corrected chi connectivity index (χ2v) is 9.25. The summed E-state index contributed by atoms with van der Waals surface area (Å²) in [5, 5.41) is 3.05.